The number of carbonyl (C=O) groups excluding carboxylic acids is 1. The SMILES string of the molecule is Cn1cc(C(=O)O)c(OCc2ccc(Cl)c(Cl)c2)c1C(=O)N1CCC(N)CC1. The first-order valence-corrected chi connectivity index (χ1v) is 9.57. The summed E-state index contributed by atoms with van der Waals surface area (Å²) >= 11 is 11.9. The molecule has 1 saturated heterocycles. The molecule has 3 N–H and O–H groups in total. The second-order valence-corrected chi connectivity index (χ2v) is 7.62. The normalized spacial score (nSPS) is 14.9. The van der Waals surface area contributed by atoms with Crippen molar-refractivity contribution >= 4 is 35.1 Å². The van der Waals surface area contributed by atoms with Crippen LogP contribution in [0, 0.1) is 0 Å². The Balaban J connectivity index is 1.88. The number of hydrogen-bond donors (Lipinski definition) is 2. The minimum atomic E-state index is -1.17. The fraction of sp³-hybridized carbons (Fsp3) is 0.368. The first kappa shape index (κ1) is 20.5. The standard InChI is InChI=1S/C19H21Cl2N3O4/c1-23-9-13(19(26)27)17(28-10-11-2-3-14(20)15(21)8-11)16(23)18(25)24-6-4-12(22)5-7-24/h2-3,8-9,12H,4-7,10,22H2,1H3,(H,26,27). The number of halogens is 2. The van der Waals surface area contributed by atoms with Crippen LogP contribution in [-0.4, -0.2) is 45.6 Å². The van der Waals surface area contributed by atoms with Crippen LogP contribution < -0.4 is 10.5 Å². The molecule has 150 valence electrons. The van der Waals surface area contributed by atoms with Gasteiger partial charge in [-0.3, -0.25) is 4.79 Å². The van der Waals surface area contributed by atoms with Crippen molar-refractivity contribution in [3.8, 4) is 5.75 Å². The van der Waals surface area contributed by atoms with Crippen LogP contribution in [0.15, 0.2) is 24.4 Å². The lowest BCUT2D eigenvalue weighted by molar-refractivity contribution is 0.0692. The number of carboxylic acids is 1. The van der Waals surface area contributed by atoms with Gasteiger partial charge in [0.05, 0.1) is 10.0 Å². The van der Waals surface area contributed by atoms with Crippen LogP contribution in [0.3, 0.4) is 0 Å². The van der Waals surface area contributed by atoms with Crippen molar-refractivity contribution in [3.05, 3.63) is 51.3 Å². The molecule has 1 aliphatic heterocycles. The van der Waals surface area contributed by atoms with Crippen molar-refractivity contribution in [3.63, 3.8) is 0 Å². The second kappa shape index (κ2) is 8.43. The van der Waals surface area contributed by atoms with Crippen molar-refractivity contribution in [1.82, 2.24) is 9.47 Å². The Morgan fingerprint density at radius 1 is 1.25 bits per heavy atom. The van der Waals surface area contributed by atoms with Crippen molar-refractivity contribution in [2.24, 2.45) is 12.8 Å². The van der Waals surface area contributed by atoms with E-state index in [4.69, 9.17) is 33.7 Å². The second-order valence-electron chi connectivity index (χ2n) is 6.80. The molecule has 2 heterocycles. The molecule has 9 heteroatoms. The number of hydrogen-bond acceptors (Lipinski definition) is 4. The van der Waals surface area contributed by atoms with Crippen LogP contribution >= 0.6 is 23.2 Å². The van der Waals surface area contributed by atoms with Gasteiger partial charge in [0.15, 0.2) is 11.4 Å². The zero-order valence-electron chi connectivity index (χ0n) is 15.3. The van der Waals surface area contributed by atoms with Gasteiger partial charge < -0.3 is 25.0 Å². The van der Waals surface area contributed by atoms with Gasteiger partial charge in [0.2, 0.25) is 0 Å². The van der Waals surface area contributed by atoms with Crippen molar-refractivity contribution in [2.75, 3.05) is 13.1 Å². The molecule has 1 aromatic carbocycles. The van der Waals surface area contributed by atoms with Gasteiger partial charge in [-0.15, -0.1) is 0 Å². The molecule has 2 aromatic rings. The number of aromatic nitrogens is 1. The molecule has 28 heavy (non-hydrogen) atoms. The maximum atomic E-state index is 13.0. The summed E-state index contributed by atoms with van der Waals surface area (Å²) in [5.74, 6) is -1.40. The summed E-state index contributed by atoms with van der Waals surface area (Å²) in [7, 11) is 1.63. The molecule has 0 radical (unpaired) electrons. The highest BCUT2D eigenvalue weighted by molar-refractivity contribution is 6.42. The molecular weight excluding hydrogens is 405 g/mol. The Morgan fingerprint density at radius 3 is 2.54 bits per heavy atom. The molecule has 3 rings (SSSR count). The molecule has 0 unspecified atom stereocenters. The van der Waals surface area contributed by atoms with Gasteiger partial charge in [0, 0.05) is 32.4 Å². The van der Waals surface area contributed by atoms with Crippen LogP contribution in [0.1, 0.15) is 39.3 Å². The number of amides is 1. The minimum absolute atomic E-state index is 0.0425. The zero-order chi connectivity index (χ0) is 20.4. The average molecular weight is 426 g/mol. The Bertz CT molecular complexity index is 905. The fourth-order valence-corrected chi connectivity index (χ4v) is 3.51. The summed E-state index contributed by atoms with van der Waals surface area (Å²) in [6.45, 7) is 1.10. The van der Waals surface area contributed by atoms with E-state index >= 15 is 0 Å². The molecule has 1 fully saturated rings. The lowest BCUT2D eigenvalue weighted by Crippen LogP contribution is -2.43. The molecule has 0 atom stereocenters. The maximum Gasteiger partial charge on any atom is 0.341 e. The molecule has 7 nitrogen and oxygen atoms in total. The van der Waals surface area contributed by atoms with E-state index in [-0.39, 0.29) is 35.6 Å². The summed E-state index contributed by atoms with van der Waals surface area (Å²) in [5.41, 5.74) is 6.75. The van der Waals surface area contributed by atoms with Gasteiger partial charge in [-0.2, -0.15) is 0 Å². The van der Waals surface area contributed by atoms with Gasteiger partial charge in [-0.25, -0.2) is 4.79 Å². The largest absolute Gasteiger partial charge is 0.486 e. The molecule has 0 saturated carbocycles. The highest BCUT2D eigenvalue weighted by Crippen LogP contribution is 2.30. The molecule has 1 aliphatic rings. The van der Waals surface area contributed by atoms with Crippen molar-refractivity contribution < 1.29 is 19.4 Å². The third-order valence-electron chi connectivity index (χ3n) is 4.76. The highest BCUT2D eigenvalue weighted by atomic mass is 35.5. The summed E-state index contributed by atoms with van der Waals surface area (Å²) in [6, 6.07) is 5.08. The van der Waals surface area contributed by atoms with Crippen LogP contribution in [0.25, 0.3) is 0 Å². The number of aryl methyl sites for hydroxylation is 1. The number of likely N-dealkylation sites (tertiary alicyclic amines) is 1. The number of ether oxygens (including phenoxy) is 1. The summed E-state index contributed by atoms with van der Waals surface area (Å²) < 4.78 is 7.28. The third kappa shape index (κ3) is 4.27. The molecule has 0 bridgehead atoms. The first-order chi connectivity index (χ1) is 13.3. The van der Waals surface area contributed by atoms with E-state index < -0.39 is 5.97 Å². The number of nitrogens with zero attached hydrogens (tertiary/aromatic N) is 2. The van der Waals surface area contributed by atoms with Crippen LogP contribution in [-0.2, 0) is 13.7 Å². The number of carbonyl (C=O) groups is 2. The van der Waals surface area contributed by atoms with E-state index in [0.717, 1.165) is 0 Å². The van der Waals surface area contributed by atoms with Gasteiger partial charge in [-0.05, 0) is 30.5 Å². The summed E-state index contributed by atoms with van der Waals surface area (Å²) in [6.07, 6.45) is 2.80. The van der Waals surface area contributed by atoms with E-state index in [1.165, 1.54) is 10.8 Å². The van der Waals surface area contributed by atoms with Crippen LogP contribution in [0.5, 0.6) is 5.75 Å². The Kier molecular flexibility index (Phi) is 6.17. The van der Waals surface area contributed by atoms with Crippen molar-refractivity contribution in [2.45, 2.75) is 25.5 Å². The van der Waals surface area contributed by atoms with Gasteiger partial charge in [0.1, 0.15) is 12.2 Å². The van der Waals surface area contributed by atoms with E-state index in [1.54, 1.807) is 30.1 Å². The summed E-state index contributed by atoms with van der Waals surface area (Å²) in [4.78, 5) is 26.4. The van der Waals surface area contributed by atoms with Gasteiger partial charge in [-0.1, -0.05) is 29.3 Å². The zero-order valence-corrected chi connectivity index (χ0v) is 16.8. The Labute approximate surface area is 172 Å². The Hall–Kier alpha value is -2.22. The summed E-state index contributed by atoms with van der Waals surface area (Å²) in [5, 5.41) is 10.3. The lowest BCUT2D eigenvalue weighted by atomic mass is 10.1. The Morgan fingerprint density at radius 2 is 1.93 bits per heavy atom. The van der Waals surface area contributed by atoms with E-state index in [1.807, 2.05) is 0 Å². The maximum absolute atomic E-state index is 13.0. The highest BCUT2D eigenvalue weighted by Gasteiger charge is 2.30. The quantitative estimate of drug-likeness (QED) is 0.766. The van der Waals surface area contributed by atoms with E-state index in [0.29, 0.717) is 41.5 Å². The smallest absolute Gasteiger partial charge is 0.341 e. The van der Waals surface area contributed by atoms with Crippen LogP contribution in [0.2, 0.25) is 10.0 Å². The van der Waals surface area contributed by atoms with Crippen LogP contribution in [0.4, 0.5) is 0 Å². The van der Waals surface area contributed by atoms with Gasteiger partial charge >= 0.3 is 5.97 Å². The van der Waals surface area contributed by atoms with E-state index in [2.05, 4.69) is 0 Å². The molecule has 0 spiro atoms. The minimum Gasteiger partial charge on any atom is -0.486 e. The number of carboxylic acid groups (broad SMARTS) is 1. The molecule has 0 aliphatic carbocycles. The molecular formula is C19H21Cl2N3O4. The first-order valence-electron chi connectivity index (χ1n) is 8.82. The predicted octanol–water partition coefficient (Wildman–Crippen LogP) is 3.17. The predicted molar refractivity (Wildman–Crippen MR) is 106 cm³/mol. The number of piperidine rings is 1. The molecule has 1 aromatic heterocycles. The monoisotopic (exact) mass is 425 g/mol. The molecule has 1 amide bonds. The van der Waals surface area contributed by atoms with Gasteiger partial charge in [0.25, 0.3) is 5.91 Å². The number of benzene rings is 1. The average Bonchev–Trinajstić information content (AvgIpc) is 2.99. The fourth-order valence-electron chi connectivity index (χ4n) is 3.19. The van der Waals surface area contributed by atoms with E-state index in [9.17, 15) is 14.7 Å². The lowest BCUT2D eigenvalue weighted by Gasteiger charge is -2.30. The number of nitrogens with two attached hydrogens (primary N) is 1. The number of rotatable bonds is 5. The number of aromatic carboxylic acids is 1. The topological polar surface area (TPSA) is 97.8 Å². The van der Waals surface area contributed by atoms with Crippen molar-refractivity contribution in [1.29, 1.82) is 0 Å². The third-order valence-corrected chi connectivity index (χ3v) is 5.50.